The van der Waals surface area contributed by atoms with E-state index in [2.05, 4.69) is 4.74 Å². The van der Waals surface area contributed by atoms with Gasteiger partial charge in [0.2, 0.25) is 0 Å². The predicted octanol–water partition coefficient (Wildman–Crippen LogP) is -1.56. The van der Waals surface area contributed by atoms with Crippen molar-refractivity contribution in [2.45, 2.75) is 38.4 Å². The van der Waals surface area contributed by atoms with Crippen LogP contribution < -0.4 is 0 Å². The molecule has 1 fully saturated rings. The molecule has 0 aromatic carbocycles. The first kappa shape index (κ1) is 11.8. The summed E-state index contributed by atoms with van der Waals surface area (Å²) in [5.74, 6) is 0. The zero-order chi connectivity index (χ0) is 9.72. The van der Waals surface area contributed by atoms with Crippen LogP contribution in [0, 0.1) is 0 Å². The highest BCUT2D eigenvalue weighted by atomic mass is 16.6. The van der Waals surface area contributed by atoms with Gasteiger partial charge in [-0.2, -0.15) is 0 Å². The Bertz CT molecular complexity index is 118. The lowest BCUT2D eigenvalue weighted by Gasteiger charge is -2.09. The van der Waals surface area contributed by atoms with Gasteiger partial charge in [-0.1, -0.05) is 13.8 Å². The van der Waals surface area contributed by atoms with Gasteiger partial charge in [-0.05, 0) is 0 Å². The third-order valence-corrected chi connectivity index (χ3v) is 1.52. The van der Waals surface area contributed by atoms with Crippen molar-refractivity contribution in [3.63, 3.8) is 0 Å². The molecular weight excluding hydrogens is 164 g/mol. The molecule has 0 bridgehead atoms. The number of rotatable bonds is 1. The summed E-state index contributed by atoms with van der Waals surface area (Å²) in [7, 11) is 0. The maximum absolute atomic E-state index is 8.93. The maximum atomic E-state index is 8.93. The van der Waals surface area contributed by atoms with E-state index >= 15 is 0 Å². The van der Waals surface area contributed by atoms with Gasteiger partial charge < -0.3 is 25.2 Å². The summed E-state index contributed by atoms with van der Waals surface area (Å²) < 4.78 is 4.54. The van der Waals surface area contributed by atoms with Crippen molar-refractivity contribution in [1.29, 1.82) is 0 Å². The van der Waals surface area contributed by atoms with Crippen LogP contribution in [0.25, 0.3) is 0 Å². The second-order valence-corrected chi connectivity index (χ2v) is 2.23. The monoisotopic (exact) mass is 180 g/mol. The lowest BCUT2D eigenvalue weighted by atomic mass is 10.1. The molecule has 0 aliphatic carbocycles. The first-order chi connectivity index (χ1) is 5.66. The number of aliphatic hydroxyl groups excluding tert-OH is 4. The van der Waals surface area contributed by atoms with Crippen molar-refractivity contribution in [3.8, 4) is 0 Å². The van der Waals surface area contributed by atoms with Gasteiger partial charge in [-0.3, -0.25) is 0 Å². The van der Waals surface area contributed by atoms with Crippen LogP contribution in [-0.4, -0.2) is 51.6 Å². The van der Waals surface area contributed by atoms with Gasteiger partial charge in [0.1, 0.15) is 18.3 Å². The van der Waals surface area contributed by atoms with Crippen molar-refractivity contribution < 1.29 is 25.2 Å². The van der Waals surface area contributed by atoms with Gasteiger partial charge in [-0.15, -0.1) is 0 Å². The highest BCUT2D eigenvalue weighted by Crippen LogP contribution is 2.18. The zero-order valence-corrected chi connectivity index (χ0v) is 7.21. The van der Waals surface area contributed by atoms with E-state index in [1.807, 2.05) is 13.8 Å². The molecular formula is C7H16O5. The molecule has 0 saturated carbocycles. The number of ether oxygens (including phenoxy) is 1. The summed E-state index contributed by atoms with van der Waals surface area (Å²) >= 11 is 0. The van der Waals surface area contributed by atoms with Crippen LogP contribution >= 0.6 is 0 Å². The second kappa shape index (κ2) is 5.45. The fraction of sp³-hybridized carbons (Fsp3) is 1.00. The minimum atomic E-state index is -1.38. The minimum absolute atomic E-state index is 0.407. The van der Waals surface area contributed by atoms with Crippen LogP contribution in [0.1, 0.15) is 13.8 Å². The number of hydrogen-bond donors (Lipinski definition) is 4. The lowest BCUT2D eigenvalue weighted by molar-refractivity contribution is -0.132. The van der Waals surface area contributed by atoms with Crippen LogP contribution in [0.15, 0.2) is 0 Å². The van der Waals surface area contributed by atoms with Crippen LogP contribution in [0.2, 0.25) is 0 Å². The van der Waals surface area contributed by atoms with E-state index in [9.17, 15) is 0 Å². The summed E-state index contributed by atoms with van der Waals surface area (Å²) in [6.07, 6.45) is -4.76. The summed E-state index contributed by atoms with van der Waals surface area (Å²) in [4.78, 5) is 0. The molecule has 1 heterocycles. The molecule has 0 aromatic rings. The van der Waals surface area contributed by atoms with E-state index in [0.29, 0.717) is 0 Å². The van der Waals surface area contributed by atoms with Crippen molar-refractivity contribution >= 4 is 0 Å². The topological polar surface area (TPSA) is 90.2 Å². The van der Waals surface area contributed by atoms with E-state index < -0.39 is 31.2 Å². The quantitative estimate of drug-likeness (QED) is 0.392. The minimum Gasteiger partial charge on any atom is -0.394 e. The Morgan fingerprint density at radius 2 is 1.58 bits per heavy atom. The summed E-state index contributed by atoms with van der Waals surface area (Å²) in [6.45, 7) is 3.59. The highest BCUT2D eigenvalue weighted by molar-refractivity contribution is 4.84. The summed E-state index contributed by atoms with van der Waals surface area (Å²) in [5.41, 5.74) is 0. The van der Waals surface area contributed by atoms with E-state index in [-0.39, 0.29) is 0 Å². The van der Waals surface area contributed by atoms with E-state index in [0.717, 1.165) is 0 Å². The molecule has 1 rings (SSSR count). The molecule has 1 aliphatic rings. The van der Waals surface area contributed by atoms with Gasteiger partial charge in [0.15, 0.2) is 6.29 Å². The van der Waals surface area contributed by atoms with Crippen molar-refractivity contribution in [1.82, 2.24) is 0 Å². The molecule has 4 atom stereocenters. The van der Waals surface area contributed by atoms with E-state index in [4.69, 9.17) is 20.4 Å². The van der Waals surface area contributed by atoms with E-state index in [1.54, 1.807) is 0 Å². The average molecular weight is 180 g/mol. The predicted molar refractivity (Wildman–Crippen MR) is 41.3 cm³/mol. The molecule has 3 unspecified atom stereocenters. The van der Waals surface area contributed by atoms with Gasteiger partial charge in [0.05, 0.1) is 6.61 Å². The molecule has 0 spiro atoms. The molecule has 12 heavy (non-hydrogen) atoms. The Balaban J connectivity index is 0.000000561. The van der Waals surface area contributed by atoms with Crippen LogP contribution in [0.4, 0.5) is 0 Å². The van der Waals surface area contributed by atoms with E-state index in [1.165, 1.54) is 0 Å². The summed E-state index contributed by atoms with van der Waals surface area (Å²) in [5, 5.41) is 35.0. The van der Waals surface area contributed by atoms with Gasteiger partial charge in [0.25, 0.3) is 0 Å². The van der Waals surface area contributed by atoms with Gasteiger partial charge in [0, 0.05) is 0 Å². The molecule has 0 amide bonds. The van der Waals surface area contributed by atoms with Crippen LogP contribution in [0.3, 0.4) is 0 Å². The fourth-order valence-corrected chi connectivity index (χ4v) is 0.880. The molecule has 5 nitrogen and oxygen atoms in total. The zero-order valence-electron chi connectivity index (χ0n) is 7.21. The average Bonchev–Trinajstić information content (AvgIpc) is 2.36. The molecule has 5 heteroatoms. The Morgan fingerprint density at radius 3 is 1.75 bits per heavy atom. The Hall–Kier alpha value is -0.200. The maximum Gasteiger partial charge on any atom is 0.184 e. The Kier molecular flexibility index (Phi) is 5.36. The first-order valence-electron chi connectivity index (χ1n) is 3.97. The van der Waals surface area contributed by atoms with Gasteiger partial charge in [-0.25, -0.2) is 0 Å². The molecule has 0 aromatic heterocycles. The van der Waals surface area contributed by atoms with Crippen LogP contribution in [0.5, 0.6) is 0 Å². The summed E-state index contributed by atoms with van der Waals surface area (Å²) in [6, 6.07) is 0. The van der Waals surface area contributed by atoms with Crippen molar-refractivity contribution in [2.24, 2.45) is 0 Å². The third kappa shape index (κ3) is 2.40. The van der Waals surface area contributed by atoms with Crippen molar-refractivity contribution in [3.05, 3.63) is 0 Å². The lowest BCUT2D eigenvalue weighted by Crippen LogP contribution is -2.33. The Labute approximate surface area is 71.2 Å². The highest BCUT2D eigenvalue weighted by Gasteiger charge is 2.41. The Morgan fingerprint density at radius 1 is 1.08 bits per heavy atom. The standard InChI is InChI=1S/C5H10O5.C2H6/c6-1-2-3(7)4(8)5(9)10-2;1-2/h2-9H,1H2;1-2H3/t2?,3-,4?,5?;/m1./s1. The number of aliphatic hydroxyl groups is 4. The molecule has 4 N–H and O–H groups in total. The van der Waals surface area contributed by atoms with Crippen LogP contribution in [-0.2, 0) is 4.74 Å². The molecule has 74 valence electrons. The normalized spacial score (nSPS) is 40.5. The van der Waals surface area contributed by atoms with Crippen molar-refractivity contribution in [2.75, 3.05) is 6.61 Å². The second-order valence-electron chi connectivity index (χ2n) is 2.23. The fourth-order valence-electron chi connectivity index (χ4n) is 0.880. The smallest absolute Gasteiger partial charge is 0.184 e. The third-order valence-electron chi connectivity index (χ3n) is 1.52. The SMILES string of the molecule is CC.OCC1OC(O)C(O)[C@@H]1O. The molecule has 1 saturated heterocycles. The molecule has 1 aliphatic heterocycles. The van der Waals surface area contributed by atoms with Gasteiger partial charge >= 0.3 is 0 Å². The molecule has 0 radical (unpaired) electrons. The largest absolute Gasteiger partial charge is 0.394 e. The first-order valence-corrected chi connectivity index (χ1v) is 3.97. The number of hydrogen-bond acceptors (Lipinski definition) is 5.